The van der Waals surface area contributed by atoms with E-state index in [4.69, 9.17) is 10.5 Å². The van der Waals surface area contributed by atoms with Crippen molar-refractivity contribution in [2.45, 2.75) is 6.10 Å². The third-order valence-electron chi connectivity index (χ3n) is 2.17. The number of aliphatic hydroxyl groups excluding tert-OH is 1. The molecule has 0 saturated heterocycles. The van der Waals surface area contributed by atoms with Gasteiger partial charge in [-0.05, 0) is 12.1 Å². The number of rotatable bonds is 5. The predicted octanol–water partition coefficient (Wildman–Crippen LogP) is -0.289. The molecule has 17 heavy (non-hydrogen) atoms. The molecular weight excluding hydrogens is 224 g/mol. The molecule has 0 aliphatic rings. The van der Waals surface area contributed by atoms with Gasteiger partial charge in [-0.1, -0.05) is 6.07 Å². The fourth-order valence-electron chi connectivity index (χ4n) is 1.30. The highest BCUT2D eigenvalue weighted by Crippen LogP contribution is 2.23. The van der Waals surface area contributed by atoms with Crippen molar-refractivity contribution in [3.63, 3.8) is 0 Å². The Bertz CT molecular complexity index is 395. The maximum atomic E-state index is 11.6. The van der Waals surface area contributed by atoms with Crippen LogP contribution in [0.1, 0.15) is 10.4 Å². The van der Waals surface area contributed by atoms with Gasteiger partial charge in [0.2, 0.25) is 0 Å². The molecule has 1 aromatic rings. The minimum absolute atomic E-state index is 0.0426. The third-order valence-corrected chi connectivity index (χ3v) is 2.17. The van der Waals surface area contributed by atoms with Crippen molar-refractivity contribution in [1.29, 1.82) is 0 Å². The predicted molar refractivity (Wildman–Crippen MR) is 62.7 cm³/mol. The van der Waals surface area contributed by atoms with Gasteiger partial charge < -0.3 is 26.0 Å². The molecule has 5 N–H and O–H groups in total. The van der Waals surface area contributed by atoms with Crippen LogP contribution in [0.4, 0.5) is 5.69 Å². The fourth-order valence-corrected chi connectivity index (χ4v) is 1.30. The van der Waals surface area contributed by atoms with E-state index in [9.17, 15) is 15.0 Å². The number of hydrogen-bond donors (Lipinski definition) is 4. The summed E-state index contributed by atoms with van der Waals surface area (Å²) in [6, 6.07) is 4.51. The lowest BCUT2D eigenvalue weighted by molar-refractivity contribution is 0.0609. The monoisotopic (exact) mass is 240 g/mol. The van der Waals surface area contributed by atoms with Crippen molar-refractivity contribution in [3.05, 3.63) is 23.8 Å². The lowest BCUT2D eigenvalue weighted by Crippen LogP contribution is -2.34. The summed E-state index contributed by atoms with van der Waals surface area (Å²) < 4.78 is 4.71. The smallest absolute Gasteiger partial charge is 0.255 e. The average molecular weight is 240 g/mol. The highest BCUT2D eigenvalue weighted by molar-refractivity contribution is 5.98. The summed E-state index contributed by atoms with van der Waals surface area (Å²) in [5.41, 5.74) is 5.68. The van der Waals surface area contributed by atoms with Gasteiger partial charge in [0.05, 0.1) is 24.0 Å². The molecule has 1 unspecified atom stereocenters. The van der Waals surface area contributed by atoms with Crippen molar-refractivity contribution in [2.24, 2.45) is 0 Å². The zero-order valence-corrected chi connectivity index (χ0v) is 9.51. The minimum atomic E-state index is -0.785. The van der Waals surface area contributed by atoms with Crippen molar-refractivity contribution >= 4 is 11.6 Å². The third kappa shape index (κ3) is 3.61. The summed E-state index contributed by atoms with van der Waals surface area (Å²) in [5, 5.41) is 21.4. The Labute approximate surface area is 99.0 Å². The number of anilines is 1. The number of methoxy groups -OCH3 is 1. The summed E-state index contributed by atoms with van der Waals surface area (Å²) in [6.45, 7) is 0.171. The molecule has 1 amide bonds. The Morgan fingerprint density at radius 2 is 2.29 bits per heavy atom. The first kappa shape index (κ1) is 13.3. The Hall–Kier alpha value is -1.79. The largest absolute Gasteiger partial charge is 0.505 e. The number of nitrogens with two attached hydrogens (primary N) is 1. The molecule has 94 valence electrons. The van der Waals surface area contributed by atoms with Crippen molar-refractivity contribution in [3.8, 4) is 5.75 Å². The van der Waals surface area contributed by atoms with Crippen LogP contribution in [-0.2, 0) is 4.74 Å². The molecule has 0 saturated carbocycles. The van der Waals surface area contributed by atoms with E-state index in [-0.39, 0.29) is 30.2 Å². The zero-order chi connectivity index (χ0) is 12.8. The number of phenolic OH excluding ortho intramolecular Hbond substituents is 1. The normalized spacial score (nSPS) is 12.1. The number of para-hydroxylation sites is 1. The lowest BCUT2D eigenvalue weighted by Gasteiger charge is -2.11. The molecule has 0 aliphatic heterocycles. The van der Waals surface area contributed by atoms with Crippen molar-refractivity contribution in [1.82, 2.24) is 5.32 Å². The number of carbonyl (C=O) groups excluding carboxylic acids is 1. The van der Waals surface area contributed by atoms with E-state index in [1.54, 1.807) is 6.07 Å². The number of ether oxygens (including phenoxy) is 1. The number of carbonyl (C=O) groups is 1. The molecule has 0 aliphatic carbocycles. The first-order chi connectivity index (χ1) is 8.06. The number of aliphatic hydroxyl groups is 1. The molecule has 0 heterocycles. The molecule has 0 radical (unpaired) electrons. The van der Waals surface area contributed by atoms with Crippen molar-refractivity contribution in [2.75, 3.05) is 26.0 Å². The Kier molecular flexibility index (Phi) is 4.74. The number of aromatic hydroxyl groups is 1. The number of phenols is 1. The van der Waals surface area contributed by atoms with Gasteiger partial charge in [0.25, 0.3) is 5.91 Å². The minimum Gasteiger partial charge on any atom is -0.505 e. The van der Waals surface area contributed by atoms with E-state index in [2.05, 4.69) is 5.32 Å². The molecule has 1 rings (SSSR count). The van der Waals surface area contributed by atoms with Crippen LogP contribution in [0.5, 0.6) is 5.75 Å². The Morgan fingerprint density at radius 1 is 1.59 bits per heavy atom. The number of benzene rings is 1. The van der Waals surface area contributed by atoms with Gasteiger partial charge in [-0.15, -0.1) is 0 Å². The fraction of sp³-hybridized carbons (Fsp3) is 0.364. The molecule has 0 bridgehead atoms. The van der Waals surface area contributed by atoms with E-state index in [0.29, 0.717) is 0 Å². The van der Waals surface area contributed by atoms with Crippen LogP contribution >= 0.6 is 0 Å². The average Bonchev–Trinajstić information content (AvgIpc) is 2.30. The van der Waals surface area contributed by atoms with Gasteiger partial charge >= 0.3 is 0 Å². The van der Waals surface area contributed by atoms with Crippen LogP contribution in [0, 0.1) is 0 Å². The maximum Gasteiger partial charge on any atom is 0.255 e. The van der Waals surface area contributed by atoms with E-state index >= 15 is 0 Å². The Morgan fingerprint density at radius 3 is 2.94 bits per heavy atom. The summed E-state index contributed by atoms with van der Waals surface area (Å²) in [6.07, 6.45) is -0.785. The highest BCUT2D eigenvalue weighted by Gasteiger charge is 2.13. The second-order valence-corrected chi connectivity index (χ2v) is 3.56. The van der Waals surface area contributed by atoms with Crippen LogP contribution in [0.3, 0.4) is 0 Å². The number of nitrogens with one attached hydrogen (secondary N) is 1. The van der Waals surface area contributed by atoms with Gasteiger partial charge in [-0.2, -0.15) is 0 Å². The second kappa shape index (κ2) is 6.07. The SMILES string of the molecule is COCC(O)CNC(=O)c1cccc(N)c1O. The number of nitrogen functional groups attached to an aromatic ring is 1. The molecule has 0 spiro atoms. The van der Waals surface area contributed by atoms with E-state index in [1.165, 1.54) is 19.2 Å². The van der Waals surface area contributed by atoms with Gasteiger partial charge in [-0.25, -0.2) is 0 Å². The molecular formula is C11H16N2O4. The molecule has 0 fully saturated rings. The van der Waals surface area contributed by atoms with E-state index in [0.717, 1.165) is 0 Å². The van der Waals surface area contributed by atoms with Gasteiger partial charge in [-0.3, -0.25) is 4.79 Å². The van der Waals surface area contributed by atoms with Gasteiger partial charge in [0.1, 0.15) is 0 Å². The zero-order valence-electron chi connectivity index (χ0n) is 9.51. The summed E-state index contributed by atoms with van der Waals surface area (Å²) >= 11 is 0. The molecule has 1 aromatic carbocycles. The molecule has 6 nitrogen and oxygen atoms in total. The number of amides is 1. The second-order valence-electron chi connectivity index (χ2n) is 3.56. The van der Waals surface area contributed by atoms with Gasteiger partial charge in [0, 0.05) is 13.7 Å². The van der Waals surface area contributed by atoms with Crippen LogP contribution < -0.4 is 11.1 Å². The first-order valence-corrected chi connectivity index (χ1v) is 5.09. The summed E-state index contributed by atoms with van der Waals surface area (Å²) in [7, 11) is 1.45. The topological polar surface area (TPSA) is 105 Å². The van der Waals surface area contributed by atoms with Crippen LogP contribution in [0.15, 0.2) is 18.2 Å². The van der Waals surface area contributed by atoms with Crippen molar-refractivity contribution < 1.29 is 19.7 Å². The number of hydrogen-bond acceptors (Lipinski definition) is 5. The maximum absolute atomic E-state index is 11.6. The molecule has 6 heteroatoms. The summed E-state index contributed by atoms with van der Waals surface area (Å²) in [4.78, 5) is 11.6. The lowest BCUT2D eigenvalue weighted by atomic mass is 10.1. The molecule has 0 aromatic heterocycles. The molecule has 1 atom stereocenters. The summed E-state index contributed by atoms with van der Waals surface area (Å²) in [5.74, 6) is -0.754. The Balaban J connectivity index is 2.61. The van der Waals surface area contributed by atoms with Crippen LogP contribution in [-0.4, -0.2) is 42.5 Å². The van der Waals surface area contributed by atoms with Gasteiger partial charge in [0.15, 0.2) is 5.75 Å². The quantitative estimate of drug-likeness (QED) is 0.418. The van der Waals surface area contributed by atoms with E-state index in [1.807, 2.05) is 0 Å². The highest BCUT2D eigenvalue weighted by atomic mass is 16.5. The van der Waals surface area contributed by atoms with Crippen LogP contribution in [0.2, 0.25) is 0 Å². The van der Waals surface area contributed by atoms with Crippen LogP contribution in [0.25, 0.3) is 0 Å². The van der Waals surface area contributed by atoms with E-state index < -0.39 is 12.0 Å². The standard InChI is InChI=1S/C11H16N2O4/c1-17-6-7(14)5-13-11(16)8-3-2-4-9(12)10(8)15/h2-4,7,14-15H,5-6,12H2,1H3,(H,13,16). The first-order valence-electron chi connectivity index (χ1n) is 5.09.